The number of anilines is 1. The number of likely N-dealkylation sites (tertiary alicyclic amines) is 1. The number of amides is 2. The van der Waals surface area contributed by atoms with Gasteiger partial charge in [0.15, 0.2) is 0 Å². The topological polar surface area (TPSA) is 43.9 Å². The van der Waals surface area contributed by atoms with Crippen molar-refractivity contribution in [1.82, 2.24) is 9.80 Å². The molecule has 0 saturated carbocycles. The van der Waals surface area contributed by atoms with Gasteiger partial charge in [-0.25, -0.2) is 0 Å². The smallest absolute Gasteiger partial charge is 0.227 e. The molecule has 0 spiro atoms. The van der Waals surface area contributed by atoms with Crippen LogP contribution in [0.3, 0.4) is 0 Å². The molecule has 0 aromatic heterocycles. The Hall–Kier alpha value is -2.04. The van der Waals surface area contributed by atoms with E-state index in [4.69, 9.17) is 0 Å². The second kappa shape index (κ2) is 8.11. The van der Waals surface area contributed by atoms with Gasteiger partial charge in [0.25, 0.3) is 0 Å². The van der Waals surface area contributed by atoms with E-state index in [0.29, 0.717) is 19.6 Å². The average molecular weight is 360 g/mol. The lowest BCUT2D eigenvalue weighted by Gasteiger charge is -2.36. The van der Waals surface area contributed by atoms with Crippen LogP contribution in [0, 0.1) is 11.3 Å². The lowest BCUT2D eigenvalue weighted by atomic mass is 9.90. The summed E-state index contributed by atoms with van der Waals surface area (Å²) >= 11 is 0. The molecule has 26 heavy (non-hydrogen) atoms. The van der Waals surface area contributed by atoms with Crippen LogP contribution < -0.4 is 4.90 Å². The first-order valence-corrected chi connectivity index (χ1v) is 9.40. The highest BCUT2D eigenvalue weighted by atomic mass is 16.2. The van der Waals surface area contributed by atoms with E-state index in [1.807, 2.05) is 51.7 Å². The Morgan fingerprint density at radius 1 is 1.04 bits per heavy atom. The number of piperidine rings is 1. The summed E-state index contributed by atoms with van der Waals surface area (Å²) in [4.78, 5) is 30.9. The summed E-state index contributed by atoms with van der Waals surface area (Å²) in [5.74, 6) is 0.382. The second-order valence-electron chi connectivity index (χ2n) is 8.57. The standard InChI is InChI=1S/C21H33N3O2/c1-21(2,3)20(26)24-13-11-17(12-14-24)19(25)23(6)15-16-7-9-18(10-8-16)22(4)5/h7-10,17H,11-15H2,1-6H3. The van der Waals surface area contributed by atoms with Gasteiger partial charge in [-0.1, -0.05) is 32.9 Å². The van der Waals surface area contributed by atoms with Crippen LogP contribution in [0.5, 0.6) is 0 Å². The van der Waals surface area contributed by atoms with E-state index in [9.17, 15) is 9.59 Å². The van der Waals surface area contributed by atoms with Crippen molar-refractivity contribution >= 4 is 17.5 Å². The van der Waals surface area contributed by atoms with Gasteiger partial charge in [0.2, 0.25) is 11.8 Å². The Kier molecular flexibility index (Phi) is 6.32. The Labute approximate surface area is 158 Å². The van der Waals surface area contributed by atoms with E-state index in [1.54, 1.807) is 0 Å². The number of rotatable bonds is 4. The highest BCUT2D eigenvalue weighted by molar-refractivity contribution is 5.82. The van der Waals surface area contributed by atoms with Crippen LogP contribution >= 0.6 is 0 Å². The predicted octanol–water partition coefficient (Wildman–Crippen LogP) is 3.00. The summed E-state index contributed by atoms with van der Waals surface area (Å²) in [5.41, 5.74) is 1.93. The fourth-order valence-corrected chi connectivity index (χ4v) is 3.37. The molecule has 0 N–H and O–H groups in total. The number of hydrogen-bond acceptors (Lipinski definition) is 3. The Balaban J connectivity index is 1.88. The highest BCUT2D eigenvalue weighted by Crippen LogP contribution is 2.25. The third kappa shape index (κ3) is 4.99. The molecule has 1 heterocycles. The van der Waals surface area contributed by atoms with Crippen LogP contribution in [0.4, 0.5) is 5.69 Å². The minimum Gasteiger partial charge on any atom is -0.378 e. The van der Waals surface area contributed by atoms with Crippen LogP contribution in [-0.4, -0.2) is 55.8 Å². The monoisotopic (exact) mass is 359 g/mol. The Morgan fingerprint density at radius 3 is 2.04 bits per heavy atom. The molecule has 5 heteroatoms. The van der Waals surface area contributed by atoms with Crippen LogP contribution in [0.25, 0.3) is 0 Å². The van der Waals surface area contributed by atoms with Crippen molar-refractivity contribution in [3.8, 4) is 0 Å². The molecule has 0 atom stereocenters. The summed E-state index contributed by atoms with van der Waals surface area (Å²) in [6.07, 6.45) is 1.51. The molecule has 2 rings (SSSR count). The maximum Gasteiger partial charge on any atom is 0.227 e. The zero-order valence-electron chi connectivity index (χ0n) is 17.1. The molecule has 1 aliphatic rings. The SMILES string of the molecule is CN(Cc1ccc(N(C)C)cc1)C(=O)C1CCN(C(=O)C(C)(C)C)CC1. The first-order chi connectivity index (χ1) is 12.1. The Morgan fingerprint density at radius 2 is 1.58 bits per heavy atom. The lowest BCUT2D eigenvalue weighted by molar-refractivity contribution is -0.144. The quantitative estimate of drug-likeness (QED) is 0.830. The molecule has 0 aliphatic carbocycles. The van der Waals surface area contributed by atoms with E-state index in [0.717, 1.165) is 24.1 Å². The summed E-state index contributed by atoms with van der Waals surface area (Å²) in [5, 5.41) is 0. The van der Waals surface area contributed by atoms with Crippen molar-refractivity contribution in [2.45, 2.75) is 40.2 Å². The van der Waals surface area contributed by atoms with Gasteiger partial charge in [0, 0.05) is 57.8 Å². The maximum absolute atomic E-state index is 12.8. The van der Waals surface area contributed by atoms with E-state index in [-0.39, 0.29) is 23.1 Å². The molecule has 2 amide bonds. The number of hydrogen-bond donors (Lipinski definition) is 0. The lowest BCUT2D eigenvalue weighted by Crippen LogP contribution is -2.46. The molecule has 1 fully saturated rings. The minimum absolute atomic E-state index is 0.0186. The largest absolute Gasteiger partial charge is 0.378 e. The number of carbonyl (C=O) groups is 2. The first-order valence-electron chi connectivity index (χ1n) is 9.40. The summed E-state index contributed by atoms with van der Waals surface area (Å²) in [6, 6.07) is 8.29. The maximum atomic E-state index is 12.8. The van der Waals surface area contributed by atoms with Gasteiger partial charge in [-0.05, 0) is 30.5 Å². The van der Waals surface area contributed by atoms with Gasteiger partial charge in [0.05, 0.1) is 0 Å². The van der Waals surface area contributed by atoms with Gasteiger partial charge in [-0.15, -0.1) is 0 Å². The number of carbonyl (C=O) groups excluding carboxylic acids is 2. The molecule has 1 aliphatic heterocycles. The van der Waals surface area contributed by atoms with Crippen molar-refractivity contribution in [2.24, 2.45) is 11.3 Å². The zero-order chi connectivity index (χ0) is 19.5. The molecule has 1 aromatic rings. The van der Waals surface area contributed by atoms with Gasteiger partial charge in [-0.3, -0.25) is 9.59 Å². The van der Waals surface area contributed by atoms with E-state index in [2.05, 4.69) is 29.2 Å². The van der Waals surface area contributed by atoms with Gasteiger partial charge in [0.1, 0.15) is 0 Å². The highest BCUT2D eigenvalue weighted by Gasteiger charge is 2.33. The average Bonchev–Trinajstić information content (AvgIpc) is 2.60. The minimum atomic E-state index is -0.355. The molecular weight excluding hydrogens is 326 g/mol. The molecular formula is C21H33N3O2. The Bertz CT molecular complexity index is 624. The van der Waals surface area contributed by atoms with Gasteiger partial charge < -0.3 is 14.7 Å². The fraction of sp³-hybridized carbons (Fsp3) is 0.619. The van der Waals surface area contributed by atoms with Crippen LogP contribution in [0.2, 0.25) is 0 Å². The van der Waals surface area contributed by atoms with Crippen molar-refractivity contribution in [3.63, 3.8) is 0 Å². The van der Waals surface area contributed by atoms with Crippen molar-refractivity contribution in [3.05, 3.63) is 29.8 Å². The summed E-state index contributed by atoms with van der Waals surface area (Å²) in [6.45, 7) is 7.81. The van der Waals surface area contributed by atoms with Crippen molar-refractivity contribution < 1.29 is 9.59 Å². The molecule has 1 saturated heterocycles. The van der Waals surface area contributed by atoms with Crippen LogP contribution in [0.15, 0.2) is 24.3 Å². The van der Waals surface area contributed by atoms with Crippen molar-refractivity contribution in [1.29, 1.82) is 0 Å². The molecule has 5 nitrogen and oxygen atoms in total. The first kappa shape index (κ1) is 20.3. The second-order valence-corrected chi connectivity index (χ2v) is 8.57. The number of benzene rings is 1. The summed E-state index contributed by atoms with van der Waals surface area (Å²) < 4.78 is 0. The third-order valence-electron chi connectivity index (χ3n) is 5.02. The predicted molar refractivity (Wildman–Crippen MR) is 106 cm³/mol. The normalized spacial score (nSPS) is 15.7. The number of nitrogens with zero attached hydrogens (tertiary/aromatic N) is 3. The van der Waals surface area contributed by atoms with E-state index >= 15 is 0 Å². The fourth-order valence-electron chi connectivity index (χ4n) is 3.37. The van der Waals surface area contributed by atoms with Crippen molar-refractivity contribution in [2.75, 3.05) is 39.1 Å². The van der Waals surface area contributed by atoms with Crippen LogP contribution in [-0.2, 0) is 16.1 Å². The van der Waals surface area contributed by atoms with Gasteiger partial charge in [-0.2, -0.15) is 0 Å². The molecule has 0 bridgehead atoms. The molecule has 144 valence electrons. The third-order valence-corrected chi connectivity index (χ3v) is 5.02. The summed E-state index contributed by atoms with van der Waals surface area (Å²) in [7, 11) is 5.90. The molecule has 1 aromatic carbocycles. The van der Waals surface area contributed by atoms with Gasteiger partial charge >= 0.3 is 0 Å². The molecule has 0 unspecified atom stereocenters. The van der Waals surface area contributed by atoms with E-state index < -0.39 is 0 Å². The van der Waals surface area contributed by atoms with Crippen LogP contribution in [0.1, 0.15) is 39.2 Å². The zero-order valence-corrected chi connectivity index (χ0v) is 17.1. The van der Waals surface area contributed by atoms with E-state index in [1.165, 1.54) is 0 Å². The molecule has 0 radical (unpaired) electrons.